The van der Waals surface area contributed by atoms with Gasteiger partial charge >= 0.3 is 6.09 Å². The fourth-order valence-corrected chi connectivity index (χ4v) is 2.90. The molecule has 1 aromatic carbocycles. The van der Waals surface area contributed by atoms with E-state index in [2.05, 4.69) is 10.2 Å². The van der Waals surface area contributed by atoms with Crippen LogP contribution in [0.1, 0.15) is 34.1 Å². The van der Waals surface area contributed by atoms with Gasteiger partial charge in [0.1, 0.15) is 11.4 Å². The second-order valence-electron chi connectivity index (χ2n) is 8.03. The van der Waals surface area contributed by atoms with Crippen molar-refractivity contribution in [1.82, 2.24) is 15.1 Å². The summed E-state index contributed by atoms with van der Waals surface area (Å²) >= 11 is 0. The Bertz CT molecular complexity index is 622. The molecule has 1 atom stereocenters. The van der Waals surface area contributed by atoms with Crippen LogP contribution in [0.15, 0.2) is 30.3 Å². The van der Waals surface area contributed by atoms with Crippen LogP contribution in [0.5, 0.6) is 5.75 Å². The van der Waals surface area contributed by atoms with Gasteiger partial charge < -0.3 is 19.7 Å². The number of rotatable bonds is 7. The number of para-hydroxylation sites is 1. The molecule has 1 aliphatic heterocycles. The Hall–Kier alpha value is -2.28. The molecule has 0 radical (unpaired) electrons. The fraction of sp³-hybridized carbons (Fsp3) is 0.619. The summed E-state index contributed by atoms with van der Waals surface area (Å²) in [4.78, 5) is 28.3. The highest BCUT2D eigenvalue weighted by Gasteiger charge is 2.25. The van der Waals surface area contributed by atoms with E-state index in [0.717, 1.165) is 26.1 Å². The topological polar surface area (TPSA) is 71.1 Å². The summed E-state index contributed by atoms with van der Waals surface area (Å²) in [5.74, 6) is 0.576. The number of piperazine rings is 1. The van der Waals surface area contributed by atoms with E-state index in [9.17, 15) is 9.59 Å². The van der Waals surface area contributed by atoms with Gasteiger partial charge in [-0.3, -0.25) is 9.69 Å². The van der Waals surface area contributed by atoms with Crippen molar-refractivity contribution in [3.8, 4) is 5.75 Å². The van der Waals surface area contributed by atoms with Crippen molar-refractivity contribution in [2.45, 2.75) is 45.8 Å². The van der Waals surface area contributed by atoms with Crippen LogP contribution < -0.4 is 10.1 Å². The summed E-state index contributed by atoms with van der Waals surface area (Å²) in [7, 11) is 0. The zero-order valence-electron chi connectivity index (χ0n) is 17.4. The van der Waals surface area contributed by atoms with Gasteiger partial charge in [0.15, 0.2) is 6.10 Å². The van der Waals surface area contributed by atoms with E-state index in [4.69, 9.17) is 9.47 Å². The lowest BCUT2D eigenvalue weighted by molar-refractivity contribution is -0.127. The number of hydrogen-bond donors (Lipinski definition) is 1. The predicted octanol–water partition coefficient (Wildman–Crippen LogP) is 2.51. The van der Waals surface area contributed by atoms with Gasteiger partial charge in [-0.15, -0.1) is 0 Å². The van der Waals surface area contributed by atoms with E-state index in [1.165, 1.54) is 0 Å². The van der Waals surface area contributed by atoms with Gasteiger partial charge in [0, 0.05) is 32.7 Å². The third kappa shape index (κ3) is 7.76. The van der Waals surface area contributed by atoms with Gasteiger partial charge in [-0.2, -0.15) is 0 Å². The molecular weight excluding hydrogens is 358 g/mol. The van der Waals surface area contributed by atoms with Crippen LogP contribution in [0.3, 0.4) is 0 Å². The number of benzene rings is 1. The number of hydrogen-bond acceptors (Lipinski definition) is 5. The first-order valence-corrected chi connectivity index (χ1v) is 9.94. The maximum absolute atomic E-state index is 12.1. The molecule has 2 rings (SSSR count). The molecule has 1 aliphatic rings. The summed E-state index contributed by atoms with van der Waals surface area (Å²) in [6.07, 6.45) is 0.0857. The van der Waals surface area contributed by atoms with E-state index in [1.54, 1.807) is 11.8 Å². The minimum absolute atomic E-state index is 0.112. The largest absolute Gasteiger partial charge is 0.481 e. The van der Waals surface area contributed by atoms with Crippen LogP contribution in [0, 0.1) is 0 Å². The number of nitrogens with zero attached hydrogens (tertiary/aromatic N) is 2. The van der Waals surface area contributed by atoms with Crippen LogP contribution in [0.2, 0.25) is 0 Å². The van der Waals surface area contributed by atoms with Crippen molar-refractivity contribution >= 4 is 12.0 Å². The standard InChI is InChI=1S/C21H33N3O4/c1-17(27-18-9-6-5-7-10-18)19(25)22-11-8-12-23-13-15-24(16-14-23)20(26)28-21(2,3)4/h5-7,9-10,17H,8,11-16H2,1-4H3,(H,22,25). The normalized spacial score (nSPS) is 16.4. The first kappa shape index (κ1) is 22.0. The van der Waals surface area contributed by atoms with E-state index < -0.39 is 11.7 Å². The Morgan fingerprint density at radius 3 is 2.36 bits per heavy atom. The molecule has 0 bridgehead atoms. The van der Waals surface area contributed by atoms with Crippen LogP contribution in [-0.2, 0) is 9.53 Å². The molecule has 7 heteroatoms. The highest BCUT2D eigenvalue weighted by Crippen LogP contribution is 2.12. The van der Waals surface area contributed by atoms with E-state index in [-0.39, 0.29) is 12.0 Å². The first-order valence-electron chi connectivity index (χ1n) is 9.94. The van der Waals surface area contributed by atoms with Gasteiger partial charge in [0.2, 0.25) is 0 Å². The quantitative estimate of drug-likeness (QED) is 0.723. The molecule has 1 heterocycles. The zero-order valence-corrected chi connectivity index (χ0v) is 17.4. The average Bonchev–Trinajstić information content (AvgIpc) is 2.65. The molecule has 7 nitrogen and oxygen atoms in total. The average molecular weight is 392 g/mol. The van der Waals surface area contributed by atoms with Gasteiger partial charge in [0.25, 0.3) is 5.91 Å². The minimum atomic E-state index is -0.528. The summed E-state index contributed by atoms with van der Waals surface area (Å²) < 4.78 is 11.0. The van der Waals surface area contributed by atoms with Crippen molar-refractivity contribution in [2.24, 2.45) is 0 Å². The molecule has 1 fully saturated rings. The zero-order chi connectivity index (χ0) is 20.6. The van der Waals surface area contributed by atoms with Gasteiger partial charge in [0.05, 0.1) is 0 Å². The number of carbonyl (C=O) groups excluding carboxylic acids is 2. The van der Waals surface area contributed by atoms with E-state index >= 15 is 0 Å². The Kier molecular flexibility index (Phi) is 8.11. The third-order valence-electron chi connectivity index (χ3n) is 4.40. The molecular formula is C21H33N3O4. The number of amides is 2. The molecule has 0 saturated carbocycles. The Balaban J connectivity index is 1.59. The van der Waals surface area contributed by atoms with Crippen LogP contribution in [0.25, 0.3) is 0 Å². The molecule has 28 heavy (non-hydrogen) atoms. The molecule has 0 aromatic heterocycles. The first-order chi connectivity index (χ1) is 13.2. The summed E-state index contributed by atoms with van der Waals surface area (Å²) in [5, 5.41) is 2.92. The Morgan fingerprint density at radius 1 is 1.11 bits per heavy atom. The van der Waals surface area contributed by atoms with Gasteiger partial charge in [-0.25, -0.2) is 4.79 Å². The molecule has 1 N–H and O–H groups in total. The Morgan fingerprint density at radius 2 is 1.75 bits per heavy atom. The molecule has 1 unspecified atom stereocenters. The van der Waals surface area contributed by atoms with Crippen molar-refractivity contribution < 1.29 is 19.1 Å². The SMILES string of the molecule is CC(Oc1ccccc1)C(=O)NCCCN1CCN(C(=O)OC(C)(C)C)CC1. The minimum Gasteiger partial charge on any atom is -0.481 e. The van der Waals surface area contributed by atoms with Crippen LogP contribution in [-0.4, -0.2) is 72.8 Å². The lowest BCUT2D eigenvalue weighted by Crippen LogP contribution is -2.50. The Labute approximate surface area is 168 Å². The molecule has 2 amide bonds. The predicted molar refractivity (Wildman–Crippen MR) is 108 cm³/mol. The van der Waals surface area contributed by atoms with Gasteiger partial charge in [-0.05, 0) is 52.8 Å². The number of ether oxygens (including phenoxy) is 2. The second-order valence-corrected chi connectivity index (χ2v) is 8.03. The van der Waals surface area contributed by atoms with E-state index in [1.807, 2.05) is 51.1 Å². The number of nitrogens with one attached hydrogen (secondary N) is 1. The van der Waals surface area contributed by atoms with Crippen molar-refractivity contribution in [3.63, 3.8) is 0 Å². The van der Waals surface area contributed by atoms with Crippen molar-refractivity contribution in [1.29, 1.82) is 0 Å². The highest BCUT2D eigenvalue weighted by atomic mass is 16.6. The third-order valence-corrected chi connectivity index (χ3v) is 4.40. The molecule has 1 aromatic rings. The molecule has 156 valence electrons. The van der Waals surface area contributed by atoms with Crippen LogP contribution in [0.4, 0.5) is 4.79 Å². The molecule has 1 saturated heterocycles. The maximum Gasteiger partial charge on any atom is 0.410 e. The van der Waals surface area contributed by atoms with E-state index in [0.29, 0.717) is 25.4 Å². The second kappa shape index (κ2) is 10.3. The summed E-state index contributed by atoms with van der Waals surface area (Å²) in [6.45, 7) is 11.8. The number of carbonyl (C=O) groups is 2. The lowest BCUT2D eigenvalue weighted by atomic mass is 10.2. The summed E-state index contributed by atoms with van der Waals surface area (Å²) in [5.41, 5.74) is -0.464. The lowest BCUT2D eigenvalue weighted by Gasteiger charge is -2.35. The molecule has 0 aliphatic carbocycles. The summed E-state index contributed by atoms with van der Waals surface area (Å²) in [6, 6.07) is 9.33. The maximum atomic E-state index is 12.1. The van der Waals surface area contributed by atoms with Crippen LogP contribution >= 0.6 is 0 Å². The van der Waals surface area contributed by atoms with Crippen molar-refractivity contribution in [3.05, 3.63) is 30.3 Å². The smallest absolute Gasteiger partial charge is 0.410 e. The fourth-order valence-electron chi connectivity index (χ4n) is 2.90. The molecule has 0 spiro atoms. The van der Waals surface area contributed by atoms with Crippen molar-refractivity contribution in [2.75, 3.05) is 39.3 Å². The highest BCUT2D eigenvalue weighted by molar-refractivity contribution is 5.80. The monoisotopic (exact) mass is 391 g/mol. The van der Waals surface area contributed by atoms with Gasteiger partial charge in [-0.1, -0.05) is 18.2 Å².